The average Bonchev–Trinajstić information content (AvgIpc) is 2.15. The van der Waals surface area contributed by atoms with Gasteiger partial charge in [-0.2, -0.15) is 0 Å². The zero-order chi connectivity index (χ0) is 11.8. The van der Waals surface area contributed by atoms with Crippen molar-refractivity contribution >= 4 is 11.3 Å². The van der Waals surface area contributed by atoms with E-state index in [4.69, 9.17) is 11.5 Å². The number of nitrogen functional groups attached to an aromatic ring is 1. The number of nitrogens with zero attached hydrogens (tertiary/aromatic N) is 1. The van der Waals surface area contributed by atoms with Crippen LogP contribution in [-0.4, -0.2) is 11.0 Å². The van der Waals surface area contributed by atoms with Gasteiger partial charge in [0.05, 0.1) is 0 Å². The van der Waals surface area contributed by atoms with E-state index in [-0.39, 0.29) is 11.5 Å². The van der Waals surface area contributed by atoms with Crippen LogP contribution in [0.3, 0.4) is 0 Å². The fraction of sp³-hybridized carbons (Fsp3) is 0.462. The van der Waals surface area contributed by atoms with E-state index in [1.54, 1.807) is 6.20 Å². The van der Waals surface area contributed by atoms with E-state index < -0.39 is 0 Å². The van der Waals surface area contributed by atoms with E-state index in [9.17, 15) is 0 Å². The van der Waals surface area contributed by atoms with Crippen molar-refractivity contribution in [3.8, 4) is 0 Å². The summed E-state index contributed by atoms with van der Waals surface area (Å²) in [7, 11) is 0. The maximum absolute atomic E-state index is 6.05. The van der Waals surface area contributed by atoms with E-state index >= 15 is 0 Å². The molecule has 1 atom stereocenters. The third kappa shape index (κ3) is 2.25. The Balaban J connectivity index is 2.38. The number of anilines is 1. The Morgan fingerprint density at radius 3 is 2.81 bits per heavy atom. The summed E-state index contributed by atoms with van der Waals surface area (Å²) in [5.74, 6) is 0. The van der Waals surface area contributed by atoms with E-state index in [1.807, 2.05) is 12.3 Å². The lowest BCUT2D eigenvalue weighted by atomic mass is 9.74. The number of nitrogens with two attached hydrogens (primary N) is 2. The molecule has 1 aromatic heterocycles. The fourth-order valence-electron chi connectivity index (χ4n) is 2.46. The van der Waals surface area contributed by atoms with Crippen molar-refractivity contribution < 1.29 is 0 Å². The van der Waals surface area contributed by atoms with E-state index in [1.165, 1.54) is 5.57 Å². The molecule has 1 aromatic rings. The maximum Gasteiger partial charge on any atom is 0.0421 e. The second-order valence-corrected chi connectivity index (χ2v) is 5.36. The Bertz CT molecular complexity index is 421. The number of aromatic nitrogens is 1. The summed E-state index contributed by atoms with van der Waals surface area (Å²) in [5, 5.41) is 0. The van der Waals surface area contributed by atoms with Crippen LogP contribution in [0.1, 0.15) is 32.3 Å². The predicted molar refractivity (Wildman–Crippen MR) is 67.6 cm³/mol. The van der Waals surface area contributed by atoms with Gasteiger partial charge in [0.2, 0.25) is 0 Å². The normalized spacial score (nSPS) is 23.9. The van der Waals surface area contributed by atoms with Gasteiger partial charge in [0.15, 0.2) is 0 Å². The molecule has 0 aromatic carbocycles. The van der Waals surface area contributed by atoms with Crippen molar-refractivity contribution in [2.75, 3.05) is 5.73 Å². The summed E-state index contributed by atoms with van der Waals surface area (Å²) in [6.45, 7) is 4.48. The van der Waals surface area contributed by atoms with Crippen LogP contribution in [0.2, 0.25) is 0 Å². The first-order valence-corrected chi connectivity index (χ1v) is 5.64. The fourth-order valence-corrected chi connectivity index (χ4v) is 2.46. The Morgan fingerprint density at radius 1 is 1.44 bits per heavy atom. The summed E-state index contributed by atoms with van der Waals surface area (Å²) < 4.78 is 0. The monoisotopic (exact) mass is 217 g/mol. The van der Waals surface area contributed by atoms with Gasteiger partial charge in [-0.25, -0.2) is 0 Å². The Morgan fingerprint density at radius 2 is 2.19 bits per heavy atom. The number of hydrogen-bond acceptors (Lipinski definition) is 3. The molecule has 1 unspecified atom stereocenters. The van der Waals surface area contributed by atoms with Gasteiger partial charge in [0, 0.05) is 29.7 Å². The van der Waals surface area contributed by atoms with Crippen LogP contribution >= 0.6 is 0 Å². The third-order valence-corrected chi connectivity index (χ3v) is 3.07. The van der Waals surface area contributed by atoms with Crippen LogP contribution < -0.4 is 11.5 Å². The third-order valence-electron chi connectivity index (χ3n) is 3.07. The Kier molecular flexibility index (Phi) is 2.72. The molecule has 1 aliphatic rings. The molecule has 4 N–H and O–H groups in total. The summed E-state index contributed by atoms with van der Waals surface area (Å²) in [5.41, 5.74) is 15.3. The van der Waals surface area contributed by atoms with Gasteiger partial charge in [0.1, 0.15) is 0 Å². The molecule has 0 bridgehead atoms. The van der Waals surface area contributed by atoms with Gasteiger partial charge in [-0.15, -0.1) is 0 Å². The second kappa shape index (κ2) is 3.91. The summed E-state index contributed by atoms with van der Waals surface area (Å²) in [6.07, 6.45) is 7.70. The molecule has 16 heavy (non-hydrogen) atoms. The molecule has 1 aliphatic carbocycles. The Hall–Kier alpha value is -1.35. The molecule has 3 nitrogen and oxygen atoms in total. The molecule has 0 amide bonds. The van der Waals surface area contributed by atoms with Crippen molar-refractivity contribution in [2.45, 2.75) is 32.7 Å². The highest BCUT2D eigenvalue weighted by Crippen LogP contribution is 2.39. The molecule has 0 radical (unpaired) electrons. The minimum Gasteiger partial charge on any atom is -0.398 e. The minimum absolute atomic E-state index is 0.123. The molecule has 1 heterocycles. The first kappa shape index (κ1) is 11.1. The van der Waals surface area contributed by atoms with Gasteiger partial charge >= 0.3 is 0 Å². The largest absolute Gasteiger partial charge is 0.398 e. The second-order valence-electron chi connectivity index (χ2n) is 5.36. The lowest BCUT2D eigenvalue weighted by Gasteiger charge is -2.33. The molecule has 3 heteroatoms. The van der Waals surface area contributed by atoms with Gasteiger partial charge in [-0.05, 0) is 29.9 Å². The predicted octanol–water partition coefficient (Wildman–Crippen LogP) is 2.19. The smallest absolute Gasteiger partial charge is 0.0421 e. The highest BCUT2D eigenvalue weighted by Gasteiger charge is 2.28. The molecular weight excluding hydrogens is 198 g/mol. The molecule has 0 saturated heterocycles. The number of pyridine rings is 1. The highest BCUT2D eigenvalue weighted by atomic mass is 14.7. The lowest BCUT2D eigenvalue weighted by molar-refractivity contribution is 0.319. The van der Waals surface area contributed by atoms with E-state index in [0.29, 0.717) is 0 Å². The highest BCUT2D eigenvalue weighted by molar-refractivity contribution is 5.75. The first-order valence-electron chi connectivity index (χ1n) is 5.64. The molecule has 0 aliphatic heterocycles. The van der Waals surface area contributed by atoms with Crippen LogP contribution in [0.15, 0.2) is 24.5 Å². The van der Waals surface area contributed by atoms with Crippen LogP contribution in [0.4, 0.5) is 5.69 Å². The standard InChI is InChI=1S/C13H19N3/c1-13(2)6-9(5-10(14)7-13)11-8-16-4-3-12(11)15/h3-5,8,10H,6-7,14H2,1-2H3,(H2,15,16). The van der Waals surface area contributed by atoms with Gasteiger partial charge in [-0.3, -0.25) is 4.98 Å². The summed E-state index contributed by atoms with van der Waals surface area (Å²) in [4.78, 5) is 4.13. The molecule has 0 saturated carbocycles. The summed E-state index contributed by atoms with van der Waals surface area (Å²) >= 11 is 0. The van der Waals surface area contributed by atoms with Gasteiger partial charge < -0.3 is 11.5 Å². The van der Waals surface area contributed by atoms with Crippen LogP contribution in [0.5, 0.6) is 0 Å². The van der Waals surface area contributed by atoms with Crippen molar-refractivity contribution in [1.82, 2.24) is 4.98 Å². The summed E-state index contributed by atoms with van der Waals surface area (Å²) in [6, 6.07) is 1.96. The van der Waals surface area contributed by atoms with Crippen molar-refractivity contribution in [2.24, 2.45) is 11.1 Å². The molecule has 0 spiro atoms. The molecule has 0 fully saturated rings. The quantitative estimate of drug-likeness (QED) is 0.758. The SMILES string of the molecule is CC1(C)CC(c2cnccc2N)=CC(N)C1. The van der Waals surface area contributed by atoms with Crippen LogP contribution in [0.25, 0.3) is 5.57 Å². The van der Waals surface area contributed by atoms with Crippen LogP contribution in [-0.2, 0) is 0 Å². The number of hydrogen-bond donors (Lipinski definition) is 2. The van der Waals surface area contributed by atoms with Crippen LogP contribution in [0, 0.1) is 5.41 Å². The molecular formula is C13H19N3. The zero-order valence-electron chi connectivity index (χ0n) is 9.90. The lowest BCUT2D eigenvalue weighted by Crippen LogP contribution is -2.30. The van der Waals surface area contributed by atoms with Crippen molar-refractivity contribution in [3.05, 3.63) is 30.1 Å². The molecule has 2 rings (SSSR count). The van der Waals surface area contributed by atoms with E-state index in [0.717, 1.165) is 24.1 Å². The van der Waals surface area contributed by atoms with Crippen molar-refractivity contribution in [3.63, 3.8) is 0 Å². The topological polar surface area (TPSA) is 64.9 Å². The van der Waals surface area contributed by atoms with Crippen molar-refractivity contribution in [1.29, 1.82) is 0 Å². The number of allylic oxidation sites excluding steroid dienone is 1. The maximum atomic E-state index is 6.05. The average molecular weight is 217 g/mol. The van der Waals surface area contributed by atoms with Gasteiger partial charge in [0.25, 0.3) is 0 Å². The van der Waals surface area contributed by atoms with Gasteiger partial charge in [-0.1, -0.05) is 19.9 Å². The minimum atomic E-state index is 0.123. The Labute approximate surface area is 96.6 Å². The van der Waals surface area contributed by atoms with E-state index in [2.05, 4.69) is 24.9 Å². The molecule has 86 valence electrons. The zero-order valence-corrected chi connectivity index (χ0v) is 9.90. The number of rotatable bonds is 1. The first-order chi connectivity index (χ1) is 7.48.